The van der Waals surface area contributed by atoms with Gasteiger partial charge in [-0.1, -0.05) is 12.1 Å². The van der Waals surface area contributed by atoms with E-state index in [2.05, 4.69) is 10.2 Å². The molecule has 1 unspecified atom stereocenters. The van der Waals surface area contributed by atoms with Crippen LogP contribution in [0.5, 0.6) is 0 Å². The van der Waals surface area contributed by atoms with Crippen LogP contribution in [-0.2, 0) is 20.6 Å². The predicted molar refractivity (Wildman–Crippen MR) is 113 cm³/mol. The molecule has 0 aliphatic carbocycles. The van der Waals surface area contributed by atoms with Gasteiger partial charge in [-0.15, -0.1) is 0 Å². The quantitative estimate of drug-likeness (QED) is 0.656. The summed E-state index contributed by atoms with van der Waals surface area (Å²) < 4.78 is 38.7. The fraction of sp³-hybridized carbons (Fsp3) is 0.478. The van der Waals surface area contributed by atoms with E-state index < -0.39 is 11.7 Å². The van der Waals surface area contributed by atoms with Gasteiger partial charge in [0.2, 0.25) is 17.7 Å². The molecule has 3 amide bonds. The van der Waals surface area contributed by atoms with E-state index in [-0.39, 0.29) is 49.6 Å². The molecule has 2 aliphatic rings. The minimum atomic E-state index is -4.41. The zero-order valence-electron chi connectivity index (χ0n) is 18.0. The Bertz CT molecular complexity index is 1020. The summed E-state index contributed by atoms with van der Waals surface area (Å²) in [7, 11) is 0. The van der Waals surface area contributed by atoms with Crippen LogP contribution in [0.15, 0.2) is 30.5 Å². The van der Waals surface area contributed by atoms with Crippen LogP contribution in [0.2, 0.25) is 0 Å². The molecule has 0 bridgehead atoms. The molecule has 0 saturated carbocycles. The molecule has 1 N–H and O–H groups in total. The number of alkyl halides is 3. The highest BCUT2D eigenvalue weighted by molar-refractivity contribution is 6.01. The highest BCUT2D eigenvalue weighted by Gasteiger charge is 2.33. The number of carbonyl (C=O) groups is 3. The van der Waals surface area contributed by atoms with Crippen LogP contribution in [0.4, 0.5) is 13.2 Å². The lowest BCUT2D eigenvalue weighted by atomic mass is 9.94. The number of nitrogens with zero attached hydrogens (tertiary/aromatic N) is 3. The van der Waals surface area contributed by atoms with Crippen molar-refractivity contribution < 1.29 is 27.6 Å². The molecule has 7 nitrogen and oxygen atoms in total. The Morgan fingerprint density at radius 2 is 1.79 bits per heavy atom. The van der Waals surface area contributed by atoms with Crippen LogP contribution in [0.3, 0.4) is 0 Å². The van der Waals surface area contributed by atoms with E-state index in [0.29, 0.717) is 36.2 Å². The monoisotopic (exact) mass is 462 g/mol. The highest BCUT2D eigenvalue weighted by atomic mass is 19.4. The Hall–Kier alpha value is -3.17. The van der Waals surface area contributed by atoms with Gasteiger partial charge in [-0.25, -0.2) is 0 Å². The van der Waals surface area contributed by atoms with Gasteiger partial charge in [0.15, 0.2) is 0 Å². The average molecular weight is 462 g/mol. The lowest BCUT2D eigenvalue weighted by Crippen LogP contribution is -2.39. The Morgan fingerprint density at radius 3 is 2.45 bits per heavy atom. The molecule has 0 spiro atoms. The first-order chi connectivity index (χ1) is 15.8. The molecular weight excluding hydrogens is 437 g/mol. The number of hydrogen-bond donors (Lipinski definition) is 1. The van der Waals surface area contributed by atoms with E-state index in [1.807, 2.05) is 0 Å². The molecule has 3 heterocycles. The van der Waals surface area contributed by atoms with E-state index in [4.69, 9.17) is 0 Å². The highest BCUT2D eigenvalue weighted by Crippen LogP contribution is 2.37. The van der Waals surface area contributed by atoms with E-state index in [9.17, 15) is 27.6 Å². The van der Waals surface area contributed by atoms with Crippen molar-refractivity contribution in [1.82, 2.24) is 20.0 Å². The zero-order valence-corrected chi connectivity index (χ0v) is 18.0. The number of hydrogen-bond acceptors (Lipinski definition) is 4. The summed E-state index contributed by atoms with van der Waals surface area (Å²) in [5, 5.41) is 7.06. The molecule has 2 aromatic rings. The molecule has 4 rings (SSSR count). The van der Waals surface area contributed by atoms with Crippen molar-refractivity contribution >= 4 is 17.7 Å². The molecule has 1 atom stereocenters. The Labute approximate surface area is 188 Å². The molecule has 33 heavy (non-hydrogen) atoms. The van der Waals surface area contributed by atoms with Crippen molar-refractivity contribution in [3.8, 4) is 11.1 Å². The van der Waals surface area contributed by atoms with Gasteiger partial charge in [-0.2, -0.15) is 18.3 Å². The van der Waals surface area contributed by atoms with E-state index in [0.717, 1.165) is 25.0 Å². The van der Waals surface area contributed by atoms with Crippen LogP contribution in [-0.4, -0.2) is 50.8 Å². The van der Waals surface area contributed by atoms with Crippen molar-refractivity contribution in [2.75, 3.05) is 13.1 Å². The molecule has 176 valence electrons. The number of amides is 3. The second-order valence-electron chi connectivity index (χ2n) is 8.41. The Kier molecular flexibility index (Phi) is 6.53. The first-order valence-electron chi connectivity index (χ1n) is 11.1. The number of rotatable bonds is 6. The van der Waals surface area contributed by atoms with Crippen LogP contribution in [0, 0.1) is 0 Å². The number of nitrogens with one attached hydrogen (secondary N) is 1. The summed E-state index contributed by atoms with van der Waals surface area (Å²) in [6, 6.07) is 4.64. The van der Waals surface area contributed by atoms with Crippen LogP contribution in [0.1, 0.15) is 62.2 Å². The lowest BCUT2D eigenvalue weighted by molar-refractivity contribution is -0.140. The Balaban J connectivity index is 1.46. The van der Waals surface area contributed by atoms with Gasteiger partial charge in [-0.3, -0.25) is 24.4 Å². The molecule has 2 saturated heterocycles. The van der Waals surface area contributed by atoms with Gasteiger partial charge in [-0.05, 0) is 43.4 Å². The summed E-state index contributed by atoms with van der Waals surface area (Å²) in [4.78, 5) is 39.5. The van der Waals surface area contributed by atoms with Crippen molar-refractivity contribution in [2.24, 2.45) is 0 Å². The third-order valence-corrected chi connectivity index (χ3v) is 6.28. The molecule has 2 fully saturated rings. The average Bonchev–Trinajstić information content (AvgIpc) is 3.41. The standard InChI is InChI=1S/C23H25F3N4O3/c24-23(25,26)16-8-6-15(7-9-16)17-14-27-28-22(17)18-4-1-2-12-29(18)19(31)5-3-13-30-20(32)10-11-21(30)33/h6-9,14,18H,1-5,10-13H2,(H,27,28). The van der Waals surface area contributed by atoms with Gasteiger partial charge in [0.25, 0.3) is 0 Å². The number of carbonyl (C=O) groups excluding carboxylic acids is 3. The number of benzene rings is 1. The van der Waals surface area contributed by atoms with Gasteiger partial charge in [0.05, 0.1) is 23.5 Å². The normalized spacial score (nSPS) is 19.4. The number of likely N-dealkylation sites (tertiary alicyclic amines) is 2. The van der Waals surface area contributed by atoms with Crippen molar-refractivity contribution in [3.63, 3.8) is 0 Å². The van der Waals surface area contributed by atoms with Gasteiger partial charge >= 0.3 is 6.18 Å². The second-order valence-corrected chi connectivity index (χ2v) is 8.41. The number of aromatic amines is 1. The van der Waals surface area contributed by atoms with Gasteiger partial charge in [0, 0.05) is 37.9 Å². The fourth-order valence-corrected chi connectivity index (χ4v) is 4.55. The number of imide groups is 1. The Morgan fingerprint density at radius 1 is 1.09 bits per heavy atom. The smallest absolute Gasteiger partial charge is 0.334 e. The van der Waals surface area contributed by atoms with E-state index >= 15 is 0 Å². The third kappa shape index (κ3) is 4.94. The maximum Gasteiger partial charge on any atom is 0.416 e. The van der Waals surface area contributed by atoms with Gasteiger partial charge < -0.3 is 4.90 Å². The summed E-state index contributed by atoms with van der Waals surface area (Å²) in [6.07, 6.45) is 0.706. The van der Waals surface area contributed by atoms with Crippen molar-refractivity contribution in [3.05, 3.63) is 41.7 Å². The molecule has 10 heteroatoms. The molecular formula is C23H25F3N4O3. The third-order valence-electron chi connectivity index (χ3n) is 6.28. The number of halogens is 3. The summed E-state index contributed by atoms with van der Waals surface area (Å²) >= 11 is 0. The summed E-state index contributed by atoms with van der Waals surface area (Å²) in [6.45, 7) is 0.805. The maximum atomic E-state index is 13.0. The molecule has 1 aromatic heterocycles. The predicted octanol–water partition coefficient (Wildman–Crippen LogP) is 4.08. The first-order valence-corrected chi connectivity index (χ1v) is 11.1. The SMILES string of the molecule is O=C1CCC(=O)N1CCCC(=O)N1CCCCC1c1[nH]ncc1-c1ccc(C(F)(F)F)cc1. The van der Waals surface area contributed by atoms with Crippen molar-refractivity contribution in [1.29, 1.82) is 0 Å². The fourth-order valence-electron chi connectivity index (χ4n) is 4.55. The largest absolute Gasteiger partial charge is 0.416 e. The zero-order chi connectivity index (χ0) is 23.6. The van der Waals surface area contributed by atoms with Crippen molar-refractivity contribution in [2.45, 2.75) is 57.2 Å². The summed E-state index contributed by atoms with van der Waals surface area (Å²) in [5.41, 5.74) is 1.24. The second kappa shape index (κ2) is 9.36. The molecule has 0 radical (unpaired) electrons. The van der Waals surface area contributed by atoms with E-state index in [1.54, 1.807) is 11.1 Å². The minimum Gasteiger partial charge on any atom is -0.334 e. The van der Waals surface area contributed by atoms with Crippen LogP contribution < -0.4 is 0 Å². The lowest BCUT2D eigenvalue weighted by Gasteiger charge is -2.36. The number of H-pyrrole nitrogens is 1. The topological polar surface area (TPSA) is 86.4 Å². The van der Waals surface area contributed by atoms with Gasteiger partial charge in [0.1, 0.15) is 0 Å². The summed E-state index contributed by atoms with van der Waals surface area (Å²) in [5.74, 6) is -0.462. The number of aromatic nitrogens is 2. The minimum absolute atomic E-state index is 0.0771. The van der Waals surface area contributed by atoms with E-state index in [1.165, 1.54) is 17.0 Å². The molecule has 2 aliphatic heterocycles. The molecule has 1 aromatic carbocycles. The van der Waals surface area contributed by atoms with Crippen LogP contribution in [0.25, 0.3) is 11.1 Å². The van der Waals surface area contributed by atoms with Crippen LogP contribution >= 0.6 is 0 Å². The first kappa shape index (κ1) is 23.0. The maximum absolute atomic E-state index is 13.0. The number of piperidine rings is 1.